The van der Waals surface area contributed by atoms with Crippen molar-refractivity contribution in [1.82, 2.24) is 5.32 Å². The number of ether oxygens (including phenoxy) is 3. The lowest BCUT2D eigenvalue weighted by atomic mass is 10.0. The van der Waals surface area contributed by atoms with Gasteiger partial charge in [-0.3, -0.25) is 9.59 Å². The number of carbonyl (C=O) groups is 3. The summed E-state index contributed by atoms with van der Waals surface area (Å²) < 4.78 is 14.4. The number of rotatable bonds is 6. The van der Waals surface area contributed by atoms with Crippen molar-refractivity contribution < 1.29 is 28.6 Å². The van der Waals surface area contributed by atoms with E-state index >= 15 is 0 Å². The first kappa shape index (κ1) is 16.4. The molecule has 0 bridgehead atoms. The average molecular weight is 287 g/mol. The maximum Gasteiger partial charge on any atom is 0.328 e. The van der Waals surface area contributed by atoms with Gasteiger partial charge in [0.15, 0.2) is 0 Å². The highest BCUT2D eigenvalue weighted by molar-refractivity contribution is 5.86. The number of amides is 1. The number of hydrogen-bond donors (Lipinski definition) is 1. The van der Waals surface area contributed by atoms with E-state index in [1.54, 1.807) is 6.92 Å². The van der Waals surface area contributed by atoms with Crippen LogP contribution in [0.1, 0.15) is 19.8 Å². The standard InChI is InChI=1S/C13H21NO6/c1-8(12(16)18-2)6-10(13(17)19-3)14-11(15)9-4-5-20-7-9/h8-10H,4-7H2,1-3H3,(H,14,15)/t8-,9+,10-/m1/s1. The van der Waals surface area contributed by atoms with Gasteiger partial charge in [0.25, 0.3) is 0 Å². The van der Waals surface area contributed by atoms with Crippen LogP contribution in [-0.2, 0) is 28.6 Å². The summed E-state index contributed by atoms with van der Waals surface area (Å²) in [6.07, 6.45) is 0.769. The van der Waals surface area contributed by atoms with Crippen LogP contribution in [0.3, 0.4) is 0 Å². The molecule has 7 nitrogen and oxygen atoms in total. The first-order chi connectivity index (χ1) is 9.49. The van der Waals surface area contributed by atoms with Crippen molar-refractivity contribution in [2.45, 2.75) is 25.8 Å². The summed E-state index contributed by atoms with van der Waals surface area (Å²) in [6.45, 7) is 2.53. The van der Waals surface area contributed by atoms with E-state index in [0.717, 1.165) is 0 Å². The fourth-order valence-corrected chi connectivity index (χ4v) is 2.04. The predicted molar refractivity (Wildman–Crippen MR) is 68.7 cm³/mol. The van der Waals surface area contributed by atoms with Gasteiger partial charge in [0, 0.05) is 6.61 Å². The van der Waals surface area contributed by atoms with Gasteiger partial charge in [-0.15, -0.1) is 0 Å². The molecule has 3 atom stereocenters. The molecule has 1 rings (SSSR count). The molecule has 20 heavy (non-hydrogen) atoms. The van der Waals surface area contributed by atoms with Gasteiger partial charge in [-0.05, 0) is 12.8 Å². The molecule has 114 valence electrons. The molecule has 1 amide bonds. The van der Waals surface area contributed by atoms with E-state index in [0.29, 0.717) is 19.6 Å². The quantitative estimate of drug-likeness (QED) is 0.685. The van der Waals surface area contributed by atoms with Crippen molar-refractivity contribution in [3.8, 4) is 0 Å². The number of methoxy groups -OCH3 is 2. The molecule has 0 aromatic heterocycles. The van der Waals surface area contributed by atoms with Crippen molar-refractivity contribution in [2.24, 2.45) is 11.8 Å². The van der Waals surface area contributed by atoms with Gasteiger partial charge < -0.3 is 19.5 Å². The van der Waals surface area contributed by atoms with Gasteiger partial charge in [0.1, 0.15) is 6.04 Å². The second-order valence-corrected chi connectivity index (χ2v) is 4.80. The molecule has 1 saturated heterocycles. The molecule has 0 radical (unpaired) electrons. The molecule has 0 spiro atoms. The normalized spacial score (nSPS) is 20.9. The smallest absolute Gasteiger partial charge is 0.328 e. The van der Waals surface area contributed by atoms with Crippen LogP contribution in [0, 0.1) is 11.8 Å². The zero-order valence-electron chi connectivity index (χ0n) is 12.0. The van der Waals surface area contributed by atoms with Crippen LogP contribution in [0.5, 0.6) is 0 Å². The minimum atomic E-state index is -0.859. The molecular weight excluding hydrogens is 266 g/mol. The monoisotopic (exact) mass is 287 g/mol. The number of nitrogens with one attached hydrogen (secondary N) is 1. The van der Waals surface area contributed by atoms with Gasteiger partial charge in [-0.1, -0.05) is 6.92 Å². The van der Waals surface area contributed by atoms with Crippen molar-refractivity contribution in [3.63, 3.8) is 0 Å². The van der Waals surface area contributed by atoms with Gasteiger partial charge in [0.05, 0.1) is 32.7 Å². The highest BCUT2D eigenvalue weighted by Crippen LogP contribution is 2.14. The first-order valence-electron chi connectivity index (χ1n) is 6.53. The zero-order chi connectivity index (χ0) is 15.1. The molecule has 1 fully saturated rings. The number of esters is 2. The third-order valence-electron chi connectivity index (χ3n) is 3.30. The molecular formula is C13H21NO6. The lowest BCUT2D eigenvalue weighted by Gasteiger charge is -2.20. The Hall–Kier alpha value is -1.63. The van der Waals surface area contributed by atoms with Crippen molar-refractivity contribution in [1.29, 1.82) is 0 Å². The Labute approximate surface area is 117 Å². The molecule has 0 aromatic rings. The van der Waals surface area contributed by atoms with Crippen LogP contribution in [0.15, 0.2) is 0 Å². The second-order valence-electron chi connectivity index (χ2n) is 4.80. The van der Waals surface area contributed by atoms with Crippen LogP contribution >= 0.6 is 0 Å². The van der Waals surface area contributed by atoms with Crippen LogP contribution in [0.25, 0.3) is 0 Å². The molecule has 7 heteroatoms. The van der Waals surface area contributed by atoms with E-state index in [1.807, 2.05) is 0 Å². The molecule has 1 heterocycles. The first-order valence-corrected chi connectivity index (χ1v) is 6.53. The summed E-state index contributed by atoms with van der Waals surface area (Å²) >= 11 is 0. The summed E-state index contributed by atoms with van der Waals surface area (Å²) in [5, 5.41) is 2.62. The Morgan fingerprint density at radius 2 is 1.90 bits per heavy atom. The Balaban J connectivity index is 2.61. The molecule has 0 aliphatic carbocycles. The lowest BCUT2D eigenvalue weighted by molar-refractivity contribution is -0.149. The Morgan fingerprint density at radius 3 is 2.40 bits per heavy atom. The van der Waals surface area contributed by atoms with E-state index in [-0.39, 0.29) is 18.2 Å². The fourth-order valence-electron chi connectivity index (χ4n) is 2.04. The van der Waals surface area contributed by atoms with Crippen LogP contribution in [0.2, 0.25) is 0 Å². The Bertz CT molecular complexity index is 364. The average Bonchev–Trinajstić information content (AvgIpc) is 2.98. The molecule has 0 saturated carbocycles. The number of carbonyl (C=O) groups excluding carboxylic acids is 3. The minimum absolute atomic E-state index is 0.138. The molecule has 0 aromatic carbocycles. The minimum Gasteiger partial charge on any atom is -0.469 e. The summed E-state index contributed by atoms with van der Waals surface area (Å²) in [5.74, 6) is -2.03. The van der Waals surface area contributed by atoms with Gasteiger partial charge >= 0.3 is 11.9 Å². The van der Waals surface area contributed by atoms with Crippen LogP contribution in [0.4, 0.5) is 0 Å². The Morgan fingerprint density at radius 1 is 1.25 bits per heavy atom. The predicted octanol–water partition coefficient (Wildman–Crippen LogP) is -0.120. The second kappa shape index (κ2) is 7.84. The van der Waals surface area contributed by atoms with E-state index in [1.165, 1.54) is 14.2 Å². The van der Waals surface area contributed by atoms with Gasteiger partial charge in [-0.25, -0.2) is 4.79 Å². The maximum atomic E-state index is 12.0. The highest BCUT2D eigenvalue weighted by atomic mass is 16.5. The highest BCUT2D eigenvalue weighted by Gasteiger charge is 2.31. The van der Waals surface area contributed by atoms with Crippen molar-refractivity contribution >= 4 is 17.8 Å². The summed E-state index contributed by atoms with van der Waals surface area (Å²) in [7, 11) is 2.52. The molecule has 1 N–H and O–H groups in total. The Kier molecular flexibility index (Phi) is 6.44. The summed E-state index contributed by atoms with van der Waals surface area (Å²) in [6, 6.07) is -0.859. The SMILES string of the molecule is COC(=O)[C@H](C)C[C@@H](NC(=O)[C@H]1CCOC1)C(=O)OC. The van der Waals surface area contributed by atoms with Crippen LogP contribution in [-0.4, -0.2) is 51.3 Å². The van der Waals surface area contributed by atoms with E-state index in [2.05, 4.69) is 14.8 Å². The van der Waals surface area contributed by atoms with Crippen molar-refractivity contribution in [2.75, 3.05) is 27.4 Å². The number of hydrogen-bond acceptors (Lipinski definition) is 6. The zero-order valence-corrected chi connectivity index (χ0v) is 12.0. The molecule has 1 aliphatic rings. The third-order valence-corrected chi connectivity index (χ3v) is 3.30. The molecule has 0 unspecified atom stereocenters. The van der Waals surface area contributed by atoms with E-state index in [9.17, 15) is 14.4 Å². The summed E-state index contributed by atoms with van der Waals surface area (Å²) in [4.78, 5) is 35.1. The lowest BCUT2D eigenvalue weighted by Crippen LogP contribution is -2.45. The third kappa shape index (κ3) is 4.48. The van der Waals surface area contributed by atoms with Crippen LogP contribution < -0.4 is 5.32 Å². The van der Waals surface area contributed by atoms with Crippen molar-refractivity contribution in [3.05, 3.63) is 0 Å². The van der Waals surface area contributed by atoms with E-state index in [4.69, 9.17) is 4.74 Å². The topological polar surface area (TPSA) is 90.9 Å². The maximum absolute atomic E-state index is 12.0. The van der Waals surface area contributed by atoms with E-state index < -0.39 is 23.9 Å². The van der Waals surface area contributed by atoms with Gasteiger partial charge in [0.2, 0.25) is 5.91 Å². The largest absolute Gasteiger partial charge is 0.469 e. The van der Waals surface area contributed by atoms with Gasteiger partial charge in [-0.2, -0.15) is 0 Å². The molecule has 1 aliphatic heterocycles. The fraction of sp³-hybridized carbons (Fsp3) is 0.769. The summed E-state index contributed by atoms with van der Waals surface area (Å²) in [5.41, 5.74) is 0.